The molecule has 7 heteroatoms. The highest BCUT2D eigenvalue weighted by Gasteiger charge is 2.17. The Balaban J connectivity index is 1.44. The second kappa shape index (κ2) is 11.8. The number of aromatic nitrogens is 1. The molecular weight excluding hydrogens is 510 g/mol. The second-order valence-electron chi connectivity index (χ2n) is 8.86. The van der Waals surface area contributed by atoms with E-state index in [-0.39, 0.29) is 6.61 Å². The van der Waals surface area contributed by atoms with Gasteiger partial charge in [0.25, 0.3) is 0 Å². The predicted octanol–water partition coefficient (Wildman–Crippen LogP) is 7.50. The van der Waals surface area contributed by atoms with Crippen LogP contribution in [0.3, 0.4) is 0 Å². The predicted molar refractivity (Wildman–Crippen MR) is 154 cm³/mol. The van der Waals surface area contributed by atoms with Crippen LogP contribution in [0.5, 0.6) is 17.2 Å². The molecule has 39 heavy (non-hydrogen) atoms. The summed E-state index contributed by atoms with van der Waals surface area (Å²) in [5.41, 5.74) is 6.06. The first-order chi connectivity index (χ1) is 19.0. The summed E-state index contributed by atoms with van der Waals surface area (Å²) in [5, 5.41) is 9.69. The molecule has 0 amide bonds. The van der Waals surface area contributed by atoms with E-state index in [1.54, 1.807) is 30.6 Å². The van der Waals surface area contributed by atoms with Crippen LogP contribution in [0.15, 0.2) is 97.1 Å². The maximum atomic E-state index is 10.8. The molecule has 0 spiro atoms. The Labute approximate surface area is 231 Å². The van der Waals surface area contributed by atoms with Crippen LogP contribution in [-0.2, 0) is 11.4 Å². The number of carbonyl (C=O) groups is 1. The fraction of sp³-hybridized carbons (Fsp3) is 0.125. The van der Waals surface area contributed by atoms with Crippen LogP contribution < -0.4 is 14.2 Å². The Hall–Kier alpha value is -4.62. The number of carboxylic acids is 1. The van der Waals surface area contributed by atoms with Crippen LogP contribution in [0.25, 0.3) is 32.8 Å². The number of ether oxygens (including phenoxy) is 3. The number of carboxylic acid groups (broad SMARTS) is 1. The van der Waals surface area contributed by atoms with Crippen molar-refractivity contribution in [3.63, 3.8) is 0 Å². The first kappa shape index (κ1) is 26.0. The summed E-state index contributed by atoms with van der Waals surface area (Å²) in [7, 11) is 1.65. The summed E-state index contributed by atoms with van der Waals surface area (Å²) in [6.45, 7) is 1.76. The number of thiazole rings is 1. The molecule has 0 unspecified atom stereocenters. The van der Waals surface area contributed by atoms with Gasteiger partial charge in [0, 0.05) is 5.56 Å². The minimum Gasteiger partial charge on any atom is -0.497 e. The summed E-state index contributed by atoms with van der Waals surface area (Å²) in [6.07, 6.45) is 0. The van der Waals surface area contributed by atoms with Crippen LogP contribution in [0.1, 0.15) is 10.6 Å². The maximum absolute atomic E-state index is 10.8. The zero-order valence-corrected chi connectivity index (χ0v) is 22.4. The Morgan fingerprint density at radius 3 is 2.23 bits per heavy atom. The SMILES string of the molecule is COc1ccc(-c2nc(COc3ccc(OCC(=O)O)c(C)c3)sc2-c2cccc(-c3ccccc3)c2)cc1. The van der Waals surface area contributed by atoms with E-state index in [0.717, 1.165) is 49.1 Å². The molecule has 0 aliphatic carbocycles. The van der Waals surface area contributed by atoms with Crippen LogP contribution in [-0.4, -0.2) is 29.8 Å². The van der Waals surface area contributed by atoms with E-state index >= 15 is 0 Å². The molecule has 0 radical (unpaired) electrons. The summed E-state index contributed by atoms with van der Waals surface area (Å²) in [5.74, 6) is 0.943. The zero-order chi connectivity index (χ0) is 27.2. The third kappa shape index (κ3) is 6.27. The van der Waals surface area contributed by atoms with Gasteiger partial charge in [-0.15, -0.1) is 11.3 Å². The summed E-state index contributed by atoms with van der Waals surface area (Å²) < 4.78 is 16.7. The molecule has 196 valence electrons. The summed E-state index contributed by atoms with van der Waals surface area (Å²) >= 11 is 1.60. The topological polar surface area (TPSA) is 77.9 Å². The molecule has 0 bridgehead atoms. The molecule has 1 aromatic heterocycles. The Morgan fingerprint density at radius 2 is 1.51 bits per heavy atom. The fourth-order valence-corrected chi connectivity index (χ4v) is 5.19. The van der Waals surface area contributed by atoms with Crippen LogP contribution in [0.4, 0.5) is 0 Å². The van der Waals surface area contributed by atoms with E-state index in [4.69, 9.17) is 24.3 Å². The number of nitrogens with zero attached hydrogens (tertiary/aromatic N) is 1. The van der Waals surface area contributed by atoms with Crippen LogP contribution in [0, 0.1) is 6.92 Å². The highest BCUT2D eigenvalue weighted by atomic mass is 32.1. The first-order valence-electron chi connectivity index (χ1n) is 12.4. The van der Waals surface area contributed by atoms with Gasteiger partial charge in [-0.3, -0.25) is 0 Å². The molecule has 0 aliphatic rings. The molecule has 6 nitrogen and oxygen atoms in total. The van der Waals surface area contributed by atoms with Crippen LogP contribution in [0.2, 0.25) is 0 Å². The zero-order valence-electron chi connectivity index (χ0n) is 21.6. The molecule has 5 aromatic rings. The number of hydrogen-bond acceptors (Lipinski definition) is 6. The number of benzene rings is 4. The molecule has 1 N–H and O–H groups in total. The molecule has 1 heterocycles. The minimum absolute atomic E-state index is 0.293. The monoisotopic (exact) mass is 537 g/mol. The van der Waals surface area contributed by atoms with Gasteiger partial charge in [-0.05, 0) is 77.7 Å². The molecule has 0 atom stereocenters. The van der Waals surface area contributed by atoms with Gasteiger partial charge in [-0.1, -0.05) is 48.5 Å². The lowest BCUT2D eigenvalue weighted by Gasteiger charge is -2.09. The molecule has 0 aliphatic heterocycles. The van der Waals surface area contributed by atoms with Crippen molar-refractivity contribution in [3.8, 4) is 50.1 Å². The van der Waals surface area contributed by atoms with Crippen molar-refractivity contribution < 1.29 is 24.1 Å². The molecular formula is C32H27NO5S. The number of methoxy groups -OCH3 is 1. The maximum Gasteiger partial charge on any atom is 0.341 e. The quantitative estimate of drug-likeness (QED) is 0.199. The van der Waals surface area contributed by atoms with E-state index in [0.29, 0.717) is 18.1 Å². The van der Waals surface area contributed by atoms with E-state index in [1.807, 2.05) is 55.5 Å². The number of aliphatic carboxylic acids is 1. The van der Waals surface area contributed by atoms with Crippen molar-refractivity contribution in [2.75, 3.05) is 13.7 Å². The molecule has 0 saturated carbocycles. The standard InChI is InChI=1S/C32H27NO5S/c1-21-17-27(15-16-28(21)38-20-30(34)35)37-19-29-33-31(23-11-13-26(36-2)14-12-23)32(39-29)25-10-6-9-24(18-25)22-7-4-3-5-8-22/h3-18H,19-20H2,1-2H3,(H,34,35). The van der Waals surface area contributed by atoms with Gasteiger partial charge < -0.3 is 19.3 Å². The molecule has 0 fully saturated rings. The second-order valence-corrected chi connectivity index (χ2v) is 9.94. The van der Waals surface area contributed by atoms with Gasteiger partial charge in [0.1, 0.15) is 28.9 Å². The Bertz CT molecular complexity index is 1580. The Kier molecular flexibility index (Phi) is 7.89. The lowest BCUT2D eigenvalue weighted by molar-refractivity contribution is -0.139. The third-order valence-electron chi connectivity index (χ3n) is 6.13. The lowest BCUT2D eigenvalue weighted by atomic mass is 10.0. The summed E-state index contributed by atoms with van der Waals surface area (Å²) in [6, 6.07) is 32.0. The van der Waals surface area contributed by atoms with Gasteiger partial charge in [0.15, 0.2) is 6.61 Å². The van der Waals surface area contributed by atoms with E-state index in [2.05, 4.69) is 36.4 Å². The third-order valence-corrected chi connectivity index (χ3v) is 7.20. The molecule has 4 aromatic carbocycles. The number of aryl methyl sites for hydroxylation is 1. The number of hydrogen-bond donors (Lipinski definition) is 1. The first-order valence-corrected chi connectivity index (χ1v) is 13.2. The Morgan fingerprint density at radius 1 is 0.795 bits per heavy atom. The highest BCUT2D eigenvalue weighted by molar-refractivity contribution is 7.15. The van der Waals surface area contributed by atoms with Crippen molar-refractivity contribution in [3.05, 3.63) is 108 Å². The van der Waals surface area contributed by atoms with E-state index in [1.165, 1.54) is 0 Å². The van der Waals surface area contributed by atoms with Crippen molar-refractivity contribution in [2.45, 2.75) is 13.5 Å². The van der Waals surface area contributed by atoms with Crippen molar-refractivity contribution in [1.29, 1.82) is 0 Å². The van der Waals surface area contributed by atoms with Crippen molar-refractivity contribution >= 4 is 17.3 Å². The van der Waals surface area contributed by atoms with Gasteiger partial charge in [0.05, 0.1) is 17.7 Å². The van der Waals surface area contributed by atoms with Crippen LogP contribution >= 0.6 is 11.3 Å². The van der Waals surface area contributed by atoms with Crippen molar-refractivity contribution in [1.82, 2.24) is 4.98 Å². The van der Waals surface area contributed by atoms with E-state index < -0.39 is 5.97 Å². The van der Waals surface area contributed by atoms with E-state index in [9.17, 15) is 4.79 Å². The normalized spacial score (nSPS) is 10.7. The highest BCUT2D eigenvalue weighted by Crippen LogP contribution is 2.39. The average molecular weight is 538 g/mol. The minimum atomic E-state index is -1.02. The van der Waals surface area contributed by atoms with Gasteiger partial charge in [-0.2, -0.15) is 0 Å². The molecule has 5 rings (SSSR count). The van der Waals surface area contributed by atoms with Gasteiger partial charge in [0.2, 0.25) is 0 Å². The van der Waals surface area contributed by atoms with Gasteiger partial charge in [-0.25, -0.2) is 9.78 Å². The fourth-order valence-electron chi connectivity index (χ4n) is 4.20. The lowest BCUT2D eigenvalue weighted by Crippen LogP contribution is -2.10. The van der Waals surface area contributed by atoms with Gasteiger partial charge >= 0.3 is 5.97 Å². The average Bonchev–Trinajstić information content (AvgIpc) is 3.40. The summed E-state index contributed by atoms with van der Waals surface area (Å²) in [4.78, 5) is 16.8. The number of rotatable bonds is 10. The smallest absolute Gasteiger partial charge is 0.341 e. The molecule has 0 saturated heterocycles. The largest absolute Gasteiger partial charge is 0.497 e. The van der Waals surface area contributed by atoms with Crippen molar-refractivity contribution in [2.24, 2.45) is 0 Å².